The van der Waals surface area contributed by atoms with Gasteiger partial charge in [-0.25, -0.2) is 0 Å². The van der Waals surface area contributed by atoms with E-state index in [1.807, 2.05) is 0 Å². The van der Waals surface area contributed by atoms with E-state index in [4.69, 9.17) is 10.5 Å². The molecule has 1 spiro atoms. The third kappa shape index (κ3) is 1.58. The number of methoxy groups -OCH3 is 1. The highest BCUT2D eigenvalue weighted by Crippen LogP contribution is 2.53. The first-order chi connectivity index (χ1) is 8.81. The minimum Gasteiger partial charge on any atom is -0.496 e. The molecule has 18 heavy (non-hydrogen) atoms. The molecule has 1 unspecified atom stereocenters. The van der Waals surface area contributed by atoms with Gasteiger partial charge >= 0.3 is 0 Å². The summed E-state index contributed by atoms with van der Waals surface area (Å²) in [5, 5.41) is 0. The Kier molecular flexibility index (Phi) is 3.06. The minimum atomic E-state index is 0.358. The number of hydrogen-bond donors (Lipinski definition) is 1. The normalized spacial score (nSPS) is 25.1. The first kappa shape index (κ1) is 12.0. The van der Waals surface area contributed by atoms with Crippen molar-refractivity contribution < 1.29 is 4.74 Å². The molecule has 0 bridgehead atoms. The highest BCUT2D eigenvalue weighted by atomic mass is 16.5. The van der Waals surface area contributed by atoms with Gasteiger partial charge in [-0.15, -0.1) is 0 Å². The molecule has 1 saturated carbocycles. The maximum atomic E-state index is 6.05. The average Bonchev–Trinajstić information content (AvgIpc) is 2.89. The lowest BCUT2D eigenvalue weighted by Gasteiger charge is -2.43. The van der Waals surface area contributed by atoms with E-state index in [0.29, 0.717) is 11.3 Å². The molecule has 2 nitrogen and oxygen atoms in total. The number of nitrogens with two attached hydrogens (primary N) is 1. The maximum Gasteiger partial charge on any atom is 0.122 e. The Bertz CT molecular complexity index is 435. The summed E-state index contributed by atoms with van der Waals surface area (Å²) in [5.74, 6) is 1.74. The van der Waals surface area contributed by atoms with Crippen LogP contribution in [0.15, 0.2) is 18.2 Å². The predicted molar refractivity (Wildman–Crippen MR) is 74.0 cm³/mol. The molecule has 0 radical (unpaired) electrons. The van der Waals surface area contributed by atoms with E-state index in [-0.39, 0.29) is 0 Å². The molecule has 0 amide bonds. The van der Waals surface area contributed by atoms with E-state index in [0.717, 1.165) is 18.7 Å². The van der Waals surface area contributed by atoms with Gasteiger partial charge in [-0.1, -0.05) is 25.0 Å². The van der Waals surface area contributed by atoms with Crippen molar-refractivity contribution in [2.24, 2.45) is 11.7 Å². The third-order valence-corrected chi connectivity index (χ3v) is 5.19. The number of hydrogen-bond acceptors (Lipinski definition) is 2. The SMILES string of the molecule is COc1cccc2c1CCC(CN)C21CCCC1. The number of ether oxygens (including phenoxy) is 1. The molecular formula is C16H23NO. The van der Waals surface area contributed by atoms with Crippen molar-refractivity contribution in [2.75, 3.05) is 13.7 Å². The summed E-state index contributed by atoms with van der Waals surface area (Å²) in [5.41, 5.74) is 9.41. The van der Waals surface area contributed by atoms with Crippen LogP contribution >= 0.6 is 0 Å². The molecule has 0 aromatic heterocycles. The predicted octanol–water partition coefficient (Wildman–Crippen LogP) is 3.03. The van der Waals surface area contributed by atoms with E-state index in [9.17, 15) is 0 Å². The molecule has 0 aliphatic heterocycles. The van der Waals surface area contributed by atoms with Gasteiger partial charge in [-0.05, 0) is 60.8 Å². The molecule has 1 fully saturated rings. The maximum absolute atomic E-state index is 6.05. The van der Waals surface area contributed by atoms with Gasteiger partial charge < -0.3 is 10.5 Å². The number of rotatable bonds is 2. The Labute approximate surface area is 110 Å². The van der Waals surface area contributed by atoms with Crippen LogP contribution in [0.25, 0.3) is 0 Å². The molecule has 3 rings (SSSR count). The number of fused-ring (bicyclic) bond motifs is 2. The molecule has 0 heterocycles. The van der Waals surface area contributed by atoms with Crippen molar-refractivity contribution in [3.05, 3.63) is 29.3 Å². The molecule has 2 N–H and O–H groups in total. The van der Waals surface area contributed by atoms with Crippen molar-refractivity contribution in [1.29, 1.82) is 0 Å². The van der Waals surface area contributed by atoms with E-state index in [2.05, 4.69) is 18.2 Å². The van der Waals surface area contributed by atoms with Crippen LogP contribution in [-0.4, -0.2) is 13.7 Å². The molecule has 1 aromatic carbocycles. The molecular weight excluding hydrogens is 222 g/mol. The number of benzene rings is 1. The van der Waals surface area contributed by atoms with Crippen LogP contribution in [0.3, 0.4) is 0 Å². The zero-order chi connectivity index (χ0) is 12.6. The first-order valence-corrected chi connectivity index (χ1v) is 7.18. The zero-order valence-corrected chi connectivity index (χ0v) is 11.2. The summed E-state index contributed by atoms with van der Waals surface area (Å²) >= 11 is 0. The largest absolute Gasteiger partial charge is 0.496 e. The quantitative estimate of drug-likeness (QED) is 0.869. The van der Waals surface area contributed by atoms with Gasteiger partial charge in [-0.3, -0.25) is 0 Å². The molecule has 2 aliphatic carbocycles. The Morgan fingerprint density at radius 2 is 2.11 bits per heavy atom. The van der Waals surface area contributed by atoms with Gasteiger partial charge in [0.05, 0.1) is 7.11 Å². The van der Waals surface area contributed by atoms with Gasteiger partial charge in [-0.2, -0.15) is 0 Å². The summed E-state index contributed by atoms with van der Waals surface area (Å²) < 4.78 is 5.55. The zero-order valence-electron chi connectivity index (χ0n) is 11.2. The van der Waals surface area contributed by atoms with Gasteiger partial charge in [0.1, 0.15) is 5.75 Å². The molecule has 1 aromatic rings. The molecule has 1 atom stereocenters. The highest BCUT2D eigenvalue weighted by Gasteiger charge is 2.45. The van der Waals surface area contributed by atoms with Crippen LogP contribution < -0.4 is 10.5 Å². The summed E-state index contributed by atoms with van der Waals surface area (Å²) in [6, 6.07) is 6.58. The summed E-state index contributed by atoms with van der Waals surface area (Å²) in [4.78, 5) is 0. The molecule has 2 heteroatoms. The van der Waals surface area contributed by atoms with E-state index >= 15 is 0 Å². The Balaban J connectivity index is 2.13. The lowest BCUT2D eigenvalue weighted by Crippen LogP contribution is -2.41. The summed E-state index contributed by atoms with van der Waals surface area (Å²) in [6.07, 6.45) is 7.69. The molecule has 2 aliphatic rings. The average molecular weight is 245 g/mol. The van der Waals surface area contributed by atoms with Gasteiger partial charge in [0.25, 0.3) is 0 Å². The van der Waals surface area contributed by atoms with Crippen molar-refractivity contribution in [2.45, 2.75) is 43.9 Å². The van der Waals surface area contributed by atoms with E-state index in [1.54, 1.807) is 12.7 Å². The fourth-order valence-electron chi connectivity index (χ4n) is 4.32. The Morgan fingerprint density at radius 3 is 2.78 bits per heavy atom. The summed E-state index contributed by atoms with van der Waals surface area (Å²) in [7, 11) is 1.78. The fraction of sp³-hybridized carbons (Fsp3) is 0.625. The van der Waals surface area contributed by atoms with Crippen LogP contribution in [0.2, 0.25) is 0 Å². The highest BCUT2D eigenvalue weighted by molar-refractivity contribution is 5.47. The van der Waals surface area contributed by atoms with Gasteiger partial charge in [0.2, 0.25) is 0 Å². The van der Waals surface area contributed by atoms with Crippen LogP contribution in [0, 0.1) is 5.92 Å². The first-order valence-electron chi connectivity index (χ1n) is 7.18. The Morgan fingerprint density at radius 1 is 1.33 bits per heavy atom. The molecule has 0 saturated heterocycles. The second kappa shape index (κ2) is 4.58. The van der Waals surface area contributed by atoms with Crippen LogP contribution in [-0.2, 0) is 11.8 Å². The lowest BCUT2D eigenvalue weighted by molar-refractivity contribution is 0.240. The standard InChI is InChI=1S/C16H23NO/c1-18-15-6-4-5-14-13(15)8-7-12(11-17)16(14)9-2-3-10-16/h4-6,12H,2-3,7-11,17H2,1H3. The monoisotopic (exact) mass is 245 g/mol. The smallest absolute Gasteiger partial charge is 0.122 e. The topological polar surface area (TPSA) is 35.2 Å². The van der Waals surface area contributed by atoms with E-state index in [1.165, 1.54) is 37.7 Å². The Hall–Kier alpha value is -1.02. The fourth-order valence-corrected chi connectivity index (χ4v) is 4.32. The van der Waals surface area contributed by atoms with Crippen molar-refractivity contribution in [3.63, 3.8) is 0 Å². The second-order valence-corrected chi connectivity index (χ2v) is 5.82. The van der Waals surface area contributed by atoms with Gasteiger partial charge in [0, 0.05) is 0 Å². The lowest BCUT2D eigenvalue weighted by atomic mass is 9.62. The minimum absolute atomic E-state index is 0.358. The van der Waals surface area contributed by atoms with Crippen molar-refractivity contribution in [1.82, 2.24) is 0 Å². The van der Waals surface area contributed by atoms with Gasteiger partial charge in [0.15, 0.2) is 0 Å². The van der Waals surface area contributed by atoms with Crippen LogP contribution in [0.4, 0.5) is 0 Å². The van der Waals surface area contributed by atoms with E-state index < -0.39 is 0 Å². The summed E-state index contributed by atoms with van der Waals surface area (Å²) in [6.45, 7) is 0.830. The third-order valence-electron chi connectivity index (χ3n) is 5.19. The van der Waals surface area contributed by atoms with Crippen LogP contribution in [0.1, 0.15) is 43.2 Å². The second-order valence-electron chi connectivity index (χ2n) is 5.82. The molecule has 98 valence electrons. The van der Waals surface area contributed by atoms with Crippen molar-refractivity contribution in [3.8, 4) is 5.75 Å². The van der Waals surface area contributed by atoms with Crippen molar-refractivity contribution >= 4 is 0 Å². The van der Waals surface area contributed by atoms with Crippen LogP contribution in [0.5, 0.6) is 5.75 Å².